The largest absolute Gasteiger partial charge is 0.496 e. The summed E-state index contributed by atoms with van der Waals surface area (Å²) in [4.78, 5) is 11.5. The van der Waals surface area contributed by atoms with Crippen molar-refractivity contribution in [3.63, 3.8) is 0 Å². The molecule has 0 aliphatic heterocycles. The third kappa shape index (κ3) is 3.46. The predicted octanol–water partition coefficient (Wildman–Crippen LogP) is 1.53. The van der Waals surface area contributed by atoms with Crippen molar-refractivity contribution in [3.05, 3.63) is 29.3 Å². The van der Waals surface area contributed by atoms with Gasteiger partial charge in [-0.05, 0) is 26.8 Å². The molecule has 0 bridgehead atoms. The molecule has 0 aliphatic rings. The van der Waals surface area contributed by atoms with Gasteiger partial charge in [0.2, 0.25) is 5.91 Å². The first-order chi connectivity index (χ1) is 7.95. The summed E-state index contributed by atoms with van der Waals surface area (Å²) in [6.07, 6.45) is 0. The molecule has 1 aromatic carbocycles. The van der Waals surface area contributed by atoms with Gasteiger partial charge in [-0.1, -0.05) is 17.7 Å². The van der Waals surface area contributed by atoms with Crippen LogP contribution in [0.25, 0.3) is 0 Å². The number of methoxy groups -OCH3 is 1. The van der Waals surface area contributed by atoms with Crippen LogP contribution < -0.4 is 15.8 Å². The van der Waals surface area contributed by atoms with Crippen LogP contribution in [0.5, 0.6) is 5.75 Å². The monoisotopic (exact) mass is 236 g/mol. The Bertz CT molecular complexity index is 402. The standard InChI is InChI=1S/C13H20N2O2/c1-8-5-6-12(17-4)11(7-8)10(3)15-13(16)9(2)14/h5-7,9-10H,14H2,1-4H3,(H,15,16)/t9-,10?/m1/s1. The molecule has 4 heteroatoms. The van der Waals surface area contributed by atoms with Gasteiger partial charge >= 0.3 is 0 Å². The van der Waals surface area contributed by atoms with Crippen molar-refractivity contribution in [2.75, 3.05) is 7.11 Å². The van der Waals surface area contributed by atoms with Crippen LogP contribution in [0.3, 0.4) is 0 Å². The highest BCUT2D eigenvalue weighted by atomic mass is 16.5. The molecular weight excluding hydrogens is 216 g/mol. The van der Waals surface area contributed by atoms with E-state index in [2.05, 4.69) is 5.32 Å². The molecule has 0 heterocycles. The Kier molecular flexibility index (Phi) is 4.52. The van der Waals surface area contributed by atoms with Gasteiger partial charge in [0.25, 0.3) is 0 Å². The summed E-state index contributed by atoms with van der Waals surface area (Å²) in [7, 11) is 1.62. The van der Waals surface area contributed by atoms with E-state index in [0.29, 0.717) is 0 Å². The van der Waals surface area contributed by atoms with Gasteiger partial charge in [0.15, 0.2) is 0 Å². The quantitative estimate of drug-likeness (QED) is 0.833. The van der Waals surface area contributed by atoms with Crippen LogP contribution in [0.4, 0.5) is 0 Å². The van der Waals surface area contributed by atoms with Crippen molar-refractivity contribution >= 4 is 5.91 Å². The Morgan fingerprint density at radius 1 is 1.41 bits per heavy atom. The lowest BCUT2D eigenvalue weighted by atomic mass is 10.0. The third-order valence-corrected chi connectivity index (χ3v) is 2.62. The van der Waals surface area contributed by atoms with E-state index < -0.39 is 6.04 Å². The maximum atomic E-state index is 11.5. The second-order valence-corrected chi connectivity index (χ2v) is 4.26. The zero-order chi connectivity index (χ0) is 13.0. The lowest BCUT2D eigenvalue weighted by Crippen LogP contribution is -2.39. The first kappa shape index (κ1) is 13.5. The molecule has 17 heavy (non-hydrogen) atoms. The van der Waals surface area contributed by atoms with Gasteiger partial charge in [-0.15, -0.1) is 0 Å². The summed E-state index contributed by atoms with van der Waals surface area (Å²) in [5.41, 5.74) is 7.61. The van der Waals surface area contributed by atoms with Crippen LogP contribution in [-0.4, -0.2) is 19.1 Å². The number of nitrogens with one attached hydrogen (secondary N) is 1. The molecule has 0 saturated carbocycles. The topological polar surface area (TPSA) is 64.3 Å². The van der Waals surface area contributed by atoms with Crippen molar-refractivity contribution < 1.29 is 9.53 Å². The maximum Gasteiger partial charge on any atom is 0.237 e. The Labute approximate surface area is 102 Å². The van der Waals surface area contributed by atoms with Gasteiger partial charge in [-0.3, -0.25) is 4.79 Å². The minimum absolute atomic E-state index is 0.122. The summed E-state index contributed by atoms with van der Waals surface area (Å²) < 4.78 is 5.28. The summed E-state index contributed by atoms with van der Waals surface area (Å²) in [5.74, 6) is 0.606. The van der Waals surface area contributed by atoms with Gasteiger partial charge in [0.05, 0.1) is 19.2 Å². The number of aryl methyl sites for hydroxylation is 1. The molecule has 1 unspecified atom stereocenters. The molecule has 1 aromatic rings. The second kappa shape index (κ2) is 5.68. The normalized spacial score (nSPS) is 13.9. The van der Waals surface area contributed by atoms with Crippen LogP contribution in [0.15, 0.2) is 18.2 Å². The van der Waals surface area contributed by atoms with E-state index in [1.54, 1.807) is 14.0 Å². The lowest BCUT2D eigenvalue weighted by Gasteiger charge is -2.19. The van der Waals surface area contributed by atoms with Gasteiger partial charge in [-0.25, -0.2) is 0 Å². The van der Waals surface area contributed by atoms with Gasteiger partial charge in [0.1, 0.15) is 5.75 Å². The fourth-order valence-electron chi connectivity index (χ4n) is 1.61. The zero-order valence-corrected chi connectivity index (χ0v) is 10.8. The summed E-state index contributed by atoms with van der Waals surface area (Å²) in [6.45, 7) is 5.58. The maximum absolute atomic E-state index is 11.5. The number of ether oxygens (including phenoxy) is 1. The minimum atomic E-state index is -0.506. The molecule has 1 amide bonds. The lowest BCUT2D eigenvalue weighted by molar-refractivity contribution is -0.122. The minimum Gasteiger partial charge on any atom is -0.496 e. The Balaban J connectivity index is 2.91. The number of hydrogen-bond acceptors (Lipinski definition) is 3. The van der Waals surface area contributed by atoms with Gasteiger partial charge < -0.3 is 15.8 Å². The zero-order valence-electron chi connectivity index (χ0n) is 10.8. The van der Waals surface area contributed by atoms with Crippen LogP contribution in [0.2, 0.25) is 0 Å². The number of nitrogens with two attached hydrogens (primary N) is 1. The van der Waals surface area contributed by atoms with E-state index in [9.17, 15) is 4.79 Å². The van der Waals surface area contributed by atoms with Crippen LogP contribution in [0.1, 0.15) is 31.0 Å². The molecule has 4 nitrogen and oxygen atoms in total. The van der Waals surface area contributed by atoms with E-state index in [4.69, 9.17) is 10.5 Å². The molecule has 0 radical (unpaired) electrons. The van der Waals surface area contributed by atoms with Crippen molar-refractivity contribution in [2.45, 2.75) is 32.9 Å². The van der Waals surface area contributed by atoms with E-state index in [1.165, 1.54) is 0 Å². The SMILES string of the molecule is COc1ccc(C)cc1C(C)NC(=O)[C@@H](C)N. The summed E-state index contributed by atoms with van der Waals surface area (Å²) in [6, 6.07) is 5.25. The summed E-state index contributed by atoms with van der Waals surface area (Å²) in [5, 5.41) is 2.85. The highest BCUT2D eigenvalue weighted by Crippen LogP contribution is 2.25. The molecule has 1 rings (SSSR count). The highest BCUT2D eigenvalue weighted by molar-refractivity contribution is 5.81. The number of carbonyl (C=O) groups is 1. The number of carbonyl (C=O) groups excluding carboxylic acids is 1. The molecule has 0 saturated heterocycles. The third-order valence-electron chi connectivity index (χ3n) is 2.62. The Morgan fingerprint density at radius 3 is 2.59 bits per heavy atom. The molecule has 2 atom stereocenters. The fraction of sp³-hybridized carbons (Fsp3) is 0.462. The van der Waals surface area contributed by atoms with E-state index in [1.807, 2.05) is 32.0 Å². The van der Waals surface area contributed by atoms with Crippen LogP contribution in [-0.2, 0) is 4.79 Å². The predicted molar refractivity (Wildman–Crippen MR) is 67.9 cm³/mol. The number of amides is 1. The van der Waals surface area contributed by atoms with Crippen molar-refractivity contribution in [1.82, 2.24) is 5.32 Å². The number of benzene rings is 1. The van der Waals surface area contributed by atoms with E-state index in [0.717, 1.165) is 16.9 Å². The van der Waals surface area contributed by atoms with Crippen LogP contribution in [0, 0.1) is 6.92 Å². The summed E-state index contributed by atoms with van der Waals surface area (Å²) >= 11 is 0. The van der Waals surface area contributed by atoms with Gasteiger partial charge in [-0.2, -0.15) is 0 Å². The first-order valence-electron chi connectivity index (χ1n) is 5.66. The molecule has 0 fully saturated rings. The first-order valence-corrected chi connectivity index (χ1v) is 5.66. The van der Waals surface area contributed by atoms with E-state index >= 15 is 0 Å². The average molecular weight is 236 g/mol. The Morgan fingerprint density at radius 2 is 2.06 bits per heavy atom. The van der Waals surface area contributed by atoms with Crippen LogP contribution >= 0.6 is 0 Å². The molecule has 0 aromatic heterocycles. The molecular formula is C13H20N2O2. The smallest absolute Gasteiger partial charge is 0.237 e. The van der Waals surface area contributed by atoms with Gasteiger partial charge in [0, 0.05) is 5.56 Å². The number of hydrogen-bond donors (Lipinski definition) is 2. The number of rotatable bonds is 4. The van der Waals surface area contributed by atoms with Crippen molar-refractivity contribution in [2.24, 2.45) is 5.73 Å². The average Bonchev–Trinajstić information content (AvgIpc) is 2.28. The van der Waals surface area contributed by atoms with Crippen molar-refractivity contribution in [3.8, 4) is 5.75 Å². The second-order valence-electron chi connectivity index (χ2n) is 4.26. The Hall–Kier alpha value is -1.55. The molecule has 94 valence electrons. The molecule has 0 spiro atoms. The molecule has 3 N–H and O–H groups in total. The van der Waals surface area contributed by atoms with Crippen molar-refractivity contribution in [1.29, 1.82) is 0 Å². The van der Waals surface area contributed by atoms with E-state index in [-0.39, 0.29) is 11.9 Å². The molecule has 0 aliphatic carbocycles. The fourth-order valence-corrected chi connectivity index (χ4v) is 1.61. The highest BCUT2D eigenvalue weighted by Gasteiger charge is 2.16.